The molecule has 1 aliphatic rings. The largest absolute Gasteiger partial charge is 0.328 e. The van der Waals surface area contributed by atoms with Crippen LogP contribution in [-0.2, 0) is 13.0 Å². The van der Waals surface area contributed by atoms with Gasteiger partial charge in [-0.3, -0.25) is 0 Å². The number of nitrogens with zero attached hydrogens (tertiary/aromatic N) is 2. The van der Waals surface area contributed by atoms with Crippen LogP contribution >= 0.6 is 11.8 Å². The maximum Gasteiger partial charge on any atom is 0.125 e. The number of fused-ring (bicyclic) bond motifs is 1. The number of rotatable bonds is 3. The van der Waals surface area contributed by atoms with Gasteiger partial charge in [-0.25, -0.2) is 9.37 Å². The third-order valence-electron chi connectivity index (χ3n) is 3.53. The van der Waals surface area contributed by atoms with Gasteiger partial charge in [0, 0.05) is 37.1 Å². The van der Waals surface area contributed by atoms with E-state index in [-0.39, 0.29) is 5.82 Å². The molecule has 1 fully saturated rings. The van der Waals surface area contributed by atoms with Crippen molar-refractivity contribution in [2.45, 2.75) is 25.9 Å². The maximum absolute atomic E-state index is 13.4. The number of imidazole rings is 1. The van der Waals surface area contributed by atoms with Crippen molar-refractivity contribution in [3.63, 3.8) is 0 Å². The standard InChI is InChI=1S/C14H18FN3S/c1-2-18-13-7-10(15)3-4-12(13)17-14(18)8-11-9-19-6-5-16-11/h3-4,7,11,16H,2,5-6,8-9H2,1H3. The molecule has 0 radical (unpaired) electrons. The Labute approximate surface area is 116 Å². The van der Waals surface area contributed by atoms with E-state index in [0.29, 0.717) is 6.04 Å². The Hall–Kier alpha value is -1.07. The number of halogens is 1. The molecule has 3 rings (SSSR count). The lowest BCUT2D eigenvalue weighted by molar-refractivity contribution is 0.537. The summed E-state index contributed by atoms with van der Waals surface area (Å²) in [6.07, 6.45) is 0.914. The van der Waals surface area contributed by atoms with Crippen molar-refractivity contribution in [2.75, 3.05) is 18.1 Å². The zero-order valence-electron chi connectivity index (χ0n) is 11.0. The molecule has 0 amide bonds. The van der Waals surface area contributed by atoms with Gasteiger partial charge >= 0.3 is 0 Å². The third-order valence-corrected chi connectivity index (χ3v) is 4.66. The molecule has 1 aliphatic heterocycles. The van der Waals surface area contributed by atoms with Crippen LogP contribution < -0.4 is 5.32 Å². The summed E-state index contributed by atoms with van der Waals surface area (Å²) in [6.45, 7) is 3.98. The second-order valence-corrected chi connectivity index (χ2v) is 5.99. The number of aromatic nitrogens is 2. The monoisotopic (exact) mass is 279 g/mol. The van der Waals surface area contributed by atoms with Crippen LogP contribution in [0.5, 0.6) is 0 Å². The van der Waals surface area contributed by atoms with E-state index in [9.17, 15) is 4.39 Å². The molecule has 1 saturated heterocycles. The van der Waals surface area contributed by atoms with E-state index < -0.39 is 0 Å². The van der Waals surface area contributed by atoms with Gasteiger partial charge in [-0.15, -0.1) is 0 Å². The lowest BCUT2D eigenvalue weighted by Gasteiger charge is -2.23. The Morgan fingerprint density at radius 3 is 3.16 bits per heavy atom. The molecule has 2 aromatic rings. The molecule has 5 heteroatoms. The Balaban J connectivity index is 1.93. The minimum absolute atomic E-state index is 0.194. The number of hydrogen-bond acceptors (Lipinski definition) is 3. The van der Waals surface area contributed by atoms with Crippen molar-refractivity contribution in [3.8, 4) is 0 Å². The van der Waals surface area contributed by atoms with Gasteiger partial charge in [0.1, 0.15) is 11.6 Å². The molecule has 102 valence electrons. The summed E-state index contributed by atoms with van der Waals surface area (Å²) in [5.74, 6) is 3.18. The van der Waals surface area contributed by atoms with Gasteiger partial charge in [-0.1, -0.05) is 0 Å². The van der Waals surface area contributed by atoms with Crippen LogP contribution in [0, 0.1) is 5.82 Å². The second kappa shape index (κ2) is 5.51. The summed E-state index contributed by atoms with van der Waals surface area (Å²) in [5.41, 5.74) is 1.79. The minimum atomic E-state index is -0.194. The fourth-order valence-corrected chi connectivity index (χ4v) is 3.57. The predicted molar refractivity (Wildman–Crippen MR) is 78.2 cm³/mol. The third kappa shape index (κ3) is 2.62. The molecular weight excluding hydrogens is 261 g/mol. The lowest BCUT2D eigenvalue weighted by atomic mass is 10.2. The van der Waals surface area contributed by atoms with Crippen molar-refractivity contribution in [1.29, 1.82) is 0 Å². The van der Waals surface area contributed by atoms with Crippen LogP contribution in [0.4, 0.5) is 4.39 Å². The highest BCUT2D eigenvalue weighted by Gasteiger charge is 2.18. The Kier molecular flexibility index (Phi) is 3.75. The highest BCUT2D eigenvalue weighted by molar-refractivity contribution is 7.99. The molecule has 0 aliphatic carbocycles. The van der Waals surface area contributed by atoms with Gasteiger partial charge in [0.25, 0.3) is 0 Å². The first kappa shape index (κ1) is 12.9. The molecule has 1 aromatic carbocycles. The minimum Gasteiger partial charge on any atom is -0.328 e. The quantitative estimate of drug-likeness (QED) is 0.936. The SMILES string of the molecule is CCn1c(CC2CSCCN2)nc2ccc(F)cc21. The molecule has 2 heterocycles. The van der Waals surface area contributed by atoms with Crippen LogP contribution in [-0.4, -0.2) is 33.6 Å². The lowest BCUT2D eigenvalue weighted by Crippen LogP contribution is -2.39. The number of aryl methyl sites for hydroxylation is 1. The molecule has 1 aromatic heterocycles. The molecule has 1 N–H and O–H groups in total. The average molecular weight is 279 g/mol. The van der Waals surface area contributed by atoms with Crippen LogP contribution in [0.1, 0.15) is 12.7 Å². The number of thioether (sulfide) groups is 1. The highest BCUT2D eigenvalue weighted by atomic mass is 32.2. The molecular formula is C14H18FN3S. The summed E-state index contributed by atoms with van der Waals surface area (Å²) in [5, 5.41) is 3.53. The number of nitrogens with one attached hydrogen (secondary N) is 1. The summed E-state index contributed by atoms with van der Waals surface area (Å²) >= 11 is 1.99. The van der Waals surface area contributed by atoms with E-state index in [1.807, 2.05) is 11.8 Å². The molecule has 0 saturated carbocycles. The molecule has 0 bridgehead atoms. The fraction of sp³-hybridized carbons (Fsp3) is 0.500. The van der Waals surface area contributed by atoms with Crippen LogP contribution in [0.15, 0.2) is 18.2 Å². The average Bonchev–Trinajstić information content (AvgIpc) is 2.76. The van der Waals surface area contributed by atoms with Gasteiger partial charge in [0.2, 0.25) is 0 Å². The van der Waals surface area contributed by atoms with Gasteiger partial charge in [0.15, 0.2) is 0 Å². The Morgan fingerprint density at radius 1 is 1.53 bits per heavy atom. The van der Waals surface area contributed by atoms with Crippen molar-refractivity contribution in [1.82, 2.24) is 14.9 Å². The van der Waals surface area contributed by atoms with E-state index >= 15 is 0 Å². The van der Waals surface area contributed by atoms with Crippen molar-refractivity contribution in [2.24, 2.45) is 0 Å². The van der Waals surface area contributed by atoms with Crippen molar-refractivity contribution < 1.29 is 4.39 Å². The fourth-order valence-electron chi connectivity index (χ4n) is 2.63. The van der Waals surface area contributed by atoms with Gasteiger partial charge in [-0.2, -0.15) is 11.8 Å². The van der Waals surface area contributed by atoms with Gasteiger partial charge in [0.05, 0.1) is 11.0 Å². The zero-order valence-corrected chi connectivity index (χ0v) is 11.8. The normalized spacial score (nSPS) is 20.0. The second-order valence-electron chi connectivity index (χ2n) is 4.84. The smallest absolute Gasteiger partial charge is 0.125 e. The first-order chi connectivity index (χ1) is 9.28. The molecule has 3 nitrogen and oxygen atoms in total. The van der Waals surface area contributed by atoms with Crippen molar-refractivity contribution >= 4 is 22.8 Å². The van der Waals surface area contributed by atoms with E-state index in [4.69, 9.17) is 0 Å². The maximum atomic E-state index is 13.4. The van der Waals surface area contributed by atoms with Crippen LogP contribution in [0.25, 0.3) is 11.0 Å². The first-order valence-electron chi connectivity index (χ1n) is 6.73. The highest BCUT2D eigenvalue weighted by Crippen LogP contribution is 2.20. The van der Waals surface area contributed by atoms with E-state index in [2.05, 4.69) is 21.8 Å². The summed E-state index contributed by atoms with van der Waals surface area (Å²) in [6, 6.07) is 5.31. The first-order valence-corrected chi connectivity index (χ1v) is 7.89. The van der Waals surface area contributed by atoms with Crippen LogP contribution in [0.2, 0.25) is 0 Å². The zero-order chi connectivity index (χ0) is 13.2. The molecule has 0 spiro atoms. The van der Waals surface area contributed by atoms with E-state index in [1.54, 1.807) is 12.1 Å². The van der Waals surface area contributed by atoms with Gasteiger partial charge in [-0.05, 0) is 25.1 Å². The Morgan fingerprint density at radius 2 is 2.42 bits per heavy atom. The predicted octanol–water partition coefficient (Wildman–Crippen LogP) is 2.44. The Bertz CT molecular complexity index is 575. The van der Waals surface area contributed by atoms with Gasteiger partial charge < -0.3 is 9.88 Å². The topological polar surface area (TPSA) is 29.9 Å². The van der Waals surface area contributed by atoms with Crippen LogP contribution in [0.3, 0.4) is 0 Å². The van der Waals surface area contributed by atoms with E-state index in [1.165, 1.54) is 11.8 Å². The molecule has 19 heavy (non-hydrogen) atoms. The summed E-state index contributed by atoms with van der Waals surface area (Å²) in [4.78, 5) is 4.67. The number of hydrogen-bond donors (Lipinski definition) is 1. The van der Waals surface area contributed by atoms with Crippen molar-refractivity contribution in [3.05, 3.63) is 29.8 Å². The van der Waals surface area contributed by atoms with E-state index in [0.717, 1.165) is 42.1 Å². The molecule has 1 unspecified atom stereocenters. The summed E-state index contributed by atoms with van der Waals surface area (Å²) < 4.78 is 15.5. The summed E-state index contributed by atoms with van der Waals surface area (Å²) in [7, 11) is 0. The molecule has 1 atom stereocenters. The number of benzene rings is 1.